The second-order valence-corrected chi connectivity index (χ2v) is 13.2. The predicted molar refractivity (Wildman–Crippen MR) is 121 cm³/mol. The first-order valence-electron chi connectivity index (χ1n) is 11.3. The molecule has 1 aromatic rings. The minimum Gasteiger partial charge on any atom is -0.409 e. The maximum absolute atomic E-state index is 9.32. The molecule has 1 aliphatic heterocycles. The summed E-state index contributed by atoms with van der Waals surface area (Å²) in [4.78, 5) is 0. The number of rotatable bonds is 11. The largest absolute Gasteiger partial charge is 0.409 e. The fourth-order valence-electron chi connectivity index (χ4n) is 4.42. The van der Waals surface area contributed by atoms with E-state index in [0.29, 0.717) is 13.0 Å². The van der Waals surface area contributed by atoms with Crippen LogP contribution in [0.25, 0.3) is 0 Å². The van der Waals surface area contributed by atoms with Crippen molar-refractivity contribution in [1.29, 1.82) is 5.26 Å². The van der Waals surface area contributed by atoms with Crippen molar-refractivity contribution in [2.45, 2.75) is 90.4 Å². The van der Waals surface area contributed by atoms with Crippen molar-refractivity contribution in [3.63, 3.8) is 0 Å². The summed E-state index contributed by atoms with van der Waals surface area (Å²) >= 11 is 0. The molecule has 0 amide bonds. The van der Waals surface area contributed by atoms with Crippen LogP contribution in [0, 0.1) is 23.2 Å². The number of benzene rings is 1. The van der Waals surface area contributed by atoms with Gasteiger partial charge in [-0.05, 0) is 29.6 Å². The molecule has 1 fully saturated rings. The molecule has 1 aromatic carbocycles. The highest BCUT2D eigenvalue weighted by Crippen LogP contribution is 2.38. The summed E-state index contributed by atoms with van der Waals surface area (Å²) in [5.41, 5.74) is 1.13. The van der Waals surface area contributed by atoms with E-state index in [4.69, 9.17) is 18.6 Å². The molecule has 5 nitrogen and oxygen atoms in total. The summed E-state index contributed by atoms with van der Waals surface area (Å²) in [6.07, 6.45) is -0.558. The maximum atomic E-state index is 9.32. The fourth-order valence-corrected chi connectivity index (χ4v) is 7.27. The lowest BCUT2D eigenvalue weighted by Crippen LogP contribution is -2.61. The van der Waals surface area contributed by atoms with Crippen molar-refractivity contribution in [2.75, 3.05) is 7.11 Å². The van der Waals surface area contributed by atoms with Crippen LogP contribution in [0.5, 0.6) is 0 Å². The van der Waals surface area contributed by atoms with Crippen molar-refractivity contribution in [3.8, 4) is 6.07 Å². The monoisotopic (exact) mass is 433 g/mol. The Bertz CT molecular complexity index is 653. The van der Waals surface area contributed by atoms with Crippen molar-refractivity contribution in [1.82, 2.24) is 0 Å². The van der Waals surface area contributed by atoms with E-state index in [1.807, 2.05) is 18.2 Å². The lowest BCUT2D eigenvalue weighted by molar-refractivity contribution is -0.284. The zero-order chi connectivity index (χ0) is 22.1. The number of ether oxygens (including phenoxy) is 3. The molecular weight excluding hydrogens is 394 g/mol. The maximum Gasteiger partial charge on any atom is 0.192 e. The average molecular weight is 434 g/mol. The molecule has 0 unspecified atom stereocenters. The van der Waals surface area contributed by atoms with E-state index in [9.17, 15) is 5.26 Å². The van der Waals surface area contributed by atoms with Crippen LogP contribution >= 0.6 is 0 Å². The Kier molecular flexibility index (Phi) is 9.99. The second kappa shape index (κ2) is 12.0. The summed E-state index contributed by atoms with van der Waals surface area (Å²) in [6.45, 7) is 11.4. The highest BCUT2D eigenvalue weighted by Gasteiger charge is 2.49. The van der Waals surface area contributed by atoms with E-state index < -0.39 is 8.32 Å². The lowest BCUT2D eigenvalue weighted by atomic mass is 9.85. The fraction of sp³-hybridized carbons (Fsp3) is 0.708. The van der Waals surface area contributed by atoms with Gasteiger partial charge in [0.15, 0.2) is 14.6 Å². The molecule has 30 heavy (non-hydrogen) atoms. The Morgan fingerprint density at radius 2 is 1.73 bits per heavy atom. The molecule has 0 saturated carbocycles. The first kappa shape index (κ1) is 25.0. The zero-order valence-electron chi connectivity index (χ0n) is 19.5. The molecular formula is C24H39NO4Si. The smallest absolute Gasteiger partial charge is 0.192 e. The van der Waals surface area contributed by atoms with Crippen LogP contribution in [0.2, 0.25) is 18.1 Å². The average Bonchev–Trinajstić information content (AvgIpc) is 2.78. The van der Waals surface area contributed by atoms with E-state index in [1.165, 1.54) is 0 Å². The minimum atomic E-state index is -1.91. The quantitative estimate of drug-likeness (QED) is 0.430. The molecule has 0 spiro atoms. The number of nitriles is 1. The number of hydrogen-bond donors (Lipinski definition) is 0. The number of nitrogens with zero attached hydrogens (tertiary/aromatic N) is 1. The van der Waals surface area contributed by atoms with E-state index >= 15 is 0 Å². The third-order valence-corrected chi connectivity index (χ3v) is 11.3. The molecule has 1 aliphatic rings. The second-order valence-electron chi connectivity index (χ2n) is 8.49. The molecule has 0 aliphatic carbocycles. The van der Waals surface area contributed by atoms with Gasteiger partial charge < -0.3 is 18.6 Å². The number of methoxy groups -OCH3 is 1. The van der Waals surface area contributed by atoms with Gasteiger partial charge in [0.25, 0.3) is 0 Å². The Morgan fingerprint density at radius 3 is 2.27 bits per heavy atom. The van der Waals surface area contributed by atoms with Crippen molar-refractivity contribution < 1.29 is 18.6 Å². The molecule has 168 valence electrons. The summed E-state index contributed by atoms with van der Waals surface area (Å²) in [6, 6.07) is 15.7. The summed E-state index contributed by atoms with van der Waals surface area (Å²) in [7, 11) is -0.239. The van der Waals surface area contributed by atoms with Crippen LogP contribution in [0.1, 0.15) is 46.6 Å². The van der Waals surface area contributed by atoms with Crippen molar-refractivity contribution in [3.05, 3.63) is 35.9 Å². The third kappa shape index (κ3) is 5.92. The topological polar surface area (TPSA) is 60.7 Å². The molecule has 0 bridgehead atoms. The normalized spacial score (nSPS) is 28.1. The van der Waals surface area contributed by atoms with Gasteiger partial charge in [0.05, 0.1) is 31.0 Å². The molecule has 1 heterocycles. The Labute approximate surface area is 183 Å². The lowest BCUT2D eigenvalue weighted by Gasteiger charge is -2.49. The van der Waals surface area contributed by atoms with Crippen molar-refractivity contribution in [2.24, 2.45) is 11.8 Å². The summed E-state index contributed by atoms with van der Waals surface area (Å²) < 4.78 is 25.6. The third-order valence-electron chi connectivity index (χ3n) is 6.70. The molecule has 6 atom stereocenters. The van der Waals surface area contributed by atoms with E-state index in [2.05, 4.69) is 52.8 Å². The molecule has 0 N–H and O–H groups in total. The van der Waals surface area contributed by atoms with Crippen LogP contribution < -0.4 is 0 Å². The van der Waals surface area contributed by atoms with Gasteiger partial charge in [0, 0.05) is 19.4 Å². The van der Waals surface area contributed by atoms with Crippen LogP contribution in [-0.4, -0.2) is 40.0 Å². The van der Waals surface area contributed by atoms with Crippen LogP contribution in [0.4, 0.5) is 0 Å². The first-order chi connectivity index (χ1) is 14.4. The highest BCUT2D eigenvalue weighted by atomic mass is 28.4. The van der Waals surface area contributed by atoms with Gasteiger partial charge in [-0.2, -0.15) is 5.26 Å². The SMILES string of the molecule is CC[Si](CC)(CC)O[C@H]1[C@@H](OCc2ccccc2)[C@H](C)[C@@H](OC)O[C@@H]1[C@@H](C)CC#N. The van der Waals surface area contributed by atoms with Crippen molar-refractivity contribution >= 4 is 8.32 Å². The Balaban J connectivity index is 2.36. The molecule has 0 radical (unpaired) electrons. The summed E-state index contributed by atoms with van der Waals surface area (Å²) in [5, 5.41) is 9.32. The predicted octanol–water partition coefficient (Wildman–Crippen LogP) is 5.52. The highest BCUT2D eigenvalue weighted by molar-refractivity contribution is 6.73. The van der Waals surface area contributed by atoms with E-state index in [1.54, 1.807) is 7.11 Å². The van der Waals surface area contributed by atoms with Gasteiger partial charge in [-0.15, -0.1) is 0 Å². The van der Waals surface area contributed by atoms with Gasteiger partial charge in [-0.25, -0.2) is 0 Å². The van der Waals surface area contributed by atoms with Crippen LogP contribution in [0.15, 0.2) is 30.3 Å². The van der Waals surface area contributed by atoms with Crippen LogP contribution in [-0.2, 0) is 25.2 Å². The minimum absolute atomic E-state index is 0.0199. The zero-order valence-corrected chi connectivity index (χ0v) is 20.5. The Morgan fingerprint density at radius 1 is 1.10 bits per heavy atom. The van der Waals surface area contributed by atoms with Gasteiger partial charge in [0.1, 0.15) is 0 Å². The first-order valence-corrected chi connectivity index (χ1v) is 13.9. The molecule has 2 rings (SSSR count). The van der Waals surface area contributed by atoms with E-state index in [-0.39, 0.29) is 36.4 Å². The molecule has 0 aromatic heterocycles. The van der Waals surface area contributed by atoms with Gasteiger partial charge in [-0.1, -0.05) is 65.0 Å². The molecule has 6 heteroatoms. The van der Waals surface area contributed by atoms with Crippen LogP contribution in [0.3, 0.4) is 0 Å². The Hall–Kier alpha value is -1.23. The van der Waals surface area contributed by atoms with Gasteiger partial charge >= 0.3 is 0 Å². The standard InChI is InChI=1S/C24H39NO4Si/c1-7-30(8-2,9-3)29-23-21(18(4)15-16-25)28-24(26-6)19(5)22(23)27-17-20-13-11-10-12-14-20/h10-14,18-19,21-24H,7-9,15,17H2,1-6H3/t18-,19-,21+,22-,23+,24-/m0/s1. The van der Waals surface area contributed by atoms with Gasteiger partial charge in [-0.3, -0.25) is 0 Å². The van der Waals surface area contributed by atoms with E-state index in [0.717, 1.165) is 23.7 Å². The number of hydrogen-bond acceptors (Lipinski definition) is 5. The molecule has 1 saturated heterocycles. The van der Waals surface area contributed by atoms with Gasteiger partial charge in [0.2, 0.25) is 0 Å². The summed E-state index contributed by atoms with van der Waals surface area (Å²) in [5.74, 6) is 0.0526.